The lowest BCUT2D eigenvalue weighted by Crippen LogP contribution is -2.38. The minimum absolute atomic E-state index is 0.398. The van der Waals surface area contributed by atoms with Gasteiger partial charge in [0.1, 0.15) is 0 Å². The predicted molar refractivity (Wildman–Crippen MR) is 51.8 cm³/mol. The van der Waals surface area contributed by atoms with E-state index >= 15 is 0 Å². The van der Waals surface area contributed by atoms with Gasteiger partial charge in [-0.15, -0.1) is 0 Å². The molecule has 1 saturated heterocycles. The Morgan fingerprint density at radius 2 is 2.62 bits per heavy atom. The maximum atomic E-state index is 5.48. The molecule has 2 N–H and O–H groups in total. The normalized spacial score (nSPS) is 32.8. The molecule has 0 aromatic rings. The third-order valence-corrected chi connectivity index (χ3v) is 2.74. The van der Waals surface area contributed by atoms with Crippen molar-refractivity contribution in [3.8, 4) is 0 Å². The summed E-state index contributed by atoms with van der Waals surface area (Å²) in [4.78, 5) is 4.28. The molecule has 0 radical (unpaired) electrons. The summed E-state index contributed by atoms with van der Waals surface area (Å²) in [6, 6.07) is 0. The van der Waals surface area contributed by atoms with E-state index in [1.54, 1.807) is 0 Å². The van der Waals surface area contributed by atoms with Crippen LogP contribution in [-0.2, 0) is 4.74 Å². The van der Waals surface area contributed by atoms with Gasteiger partial charge in [-0.2, -0.15) is 0 Å². The first-order valence-electron chi connectivity index (χ1n) is 5.00. The van der Waals surface area contributed by atoms with E-state index in [9.17, 15) is 0 Å². The summed E-state index contributed by atoms with van der Waals surface area (Å²) in [6.07, 6.45) is 1.57. The lowest BCUT2D eigenvalue weighted by atomic mass is 10.0. The third kappa shape index (κ3) is 2.12. The average molecular weight is 183 g/mol. The van der Waals surface area contributed by atoms with E-state index in [1.165, 1.54) is 6.42 Å². The van der Waals surface area contributed by atoms with Crippen LogP contribution in [0, 0.1) is 5.92 Å². The molecule has 4 nitrogen and oxygen atoms in total. The van der Waals surface area contributed by atoms with Crippen LogP contribution in [0.1, 0.15) is 13.3 Å². The Kier molecular flexibility index (Phi) is 2.68. The molecular formula is C9H17N3O. The van der Waals surface area contributed by atoms with Gasteiger partial charge in [0.05, 0.1) is 12.6 Å². The minimum atomic E-state index is 0.398. The van der Waals surface area contributed by atoms with Gasteiger partial charge >= 0.3 is 0 Å². The molecule has 1 fully saturated rings. The van der Waals surface area contributed by atoms with E-state index in [0.29, 0.717) is 12.0 Å². The highest BCUT2D eigenvalue weighted by molar-refractivity contribution is 5.81. The Hall–Kier alpha value is -0.770. The van der Waals surface area contributed by atoms with Gasteiger partial charge in [0, 0.05) is 25.6 Å². The molecule has 0 aliphatic carbocycles. The van der Waals surface area contributed by atoms with Crippen molar-refractivity contribution in [3.05, 3.63) is 0 Å². The first-order chi connectivity index (χ1) is 6.36. The quantitative estimate of drug-likeness (QED) is 0.631. The highest BCUT2D eigenvalue weighted by atomic mass is 16.5. The highest BCUT2D eigenvalue weighted by Gasteiger charge is 2.24. The maximum Gasteiger partial charge on any atom is 0.191 e. The summed E-state index contributed by atoms with van der Waals surface area (Å²) in [5.74, 6) is 1.60. The molecular weight excluding hydrogens is 166 g/mol. The van der Waals surface area contributed by atoms with Gasteiger partial charge in [-0.05, 0) is 13.3 Å². The fourth-order valence-electron chi connectivity index (χ4n) is 1.79. The monoisotopic (exact) mass is 183 g/mol. The van der Waals surface area contributed by atoms with E-state index < -0.39 is 0 Å². The molecule has 2 unspecified atom stereocenters. The number of guanidine groups is 1. The van der Waals surface area contributed by atoms with E-state index in [4.69, 9.17) is 4.74 Å². The average Bonchev–Trinajstić information content (AvgIpc) is 2.72. The van der Waals surface area contributed by atoms with Gasteiger partial charge in [0.2, 0.25) is 0 Å². The number of rotatable bonds is 2. The second kappa shape index (κ2) is 3.96. The molecule has 0 aromatic heterocycles. The van der Waals surface area contributed by atoms with Crippen molar-refractivity contribution in [3.63, 3.8) is 0 Å². The highest BCUT2D eigenvalue weighted by Crippen LogP contribution is 2.19. The Bertz CT molecular complexity index is 205. The molecule has 0 spiro atoms. The summed E-state index contributed by atoms with van der Waals surface area (Å²) >= 11 is 0. The standard InChI is InChI=1S/C9H17N3O/c1-7-8(2-5-13-7)6-12-9-10-3-4-11-9/h7-8H,2-6H2,1H3,(H2,10,11,12). The van der Waals surface area contributed by atoms with Crippen LogP contribution in [0.5, 0.6) is 0 Å². The van der Waals surface area contributed by atoms with Crippen molar-refractivity contribution < 1.29 is 4.74 Å². The molecule has 0 aromatic carbocycles. The lowest BCUT2D eigenvalue weighted by molar-refractivity contribution is 0.106. The zero-order chi connectivity index (χ0) is 9.10. The Morgan fingerprint density at radius 3 is 3.23 bits per heavy atom. The van der Waals surface area contributed by atoms with Crippen molar-refractivity contribution in [1.82, 2.24) is 10.6 Å². The van der Waals surface area contributed by atoms with Crippen LogP contribution in [0.25, 0.3) is 0 Å². The molecule has 2 heterocycles. The second-order valence-corrected chi connectivity index (χ2v) is 3.66. The van der Waals surface area contributed by atoms with Gasteiger partial charge < -0.3 is 15.4 Å². The molecule has 74 valence electrons. The third-order valence-electron chi connectivity index (χ3n) is 2.74. The molecule has 2 rings (SSSR count). The zero-order valence-electron chi connectivity index (χ0n) is 8.05. The smallest absolute Gasteiger partial charge is 0.191 e. The minimum Gasteiger partial charge on any atom is -0.378 e. The fourth-order valence-corrected chi connectivity index (χ4v) is 1.79. The molecule has 13 heavy (non-hydrogen) atoms. The Labute approximate surface area is 78.8 Å². The molecule has 0 amide bonds. The predicted octanol–water partition coefficient (Wildman–Crippen LogP) is -0.0398. The largest absolute Gasteiger partial charge is 0.378 e. The van der Waals surface area contributed by atoms with E-state index in [0.717, 1.165) is 32.2 Å². The topological polar surface area (TPSA) is 45.6 Å². The Morgan fingerprint density at radius 1 is 1.69 bits per heavy atom. The van der Waals surface area contributed by atoms with Crippen LogP contribution in [-0.4, -0.2) is 38.3 Å². The molecule has 2 atom stereocenters. The molecule has 0 saturated carbocycles. The summed E-state index contributed by atoms with van der Waals surface area (Å²) in [5.41, 5.74) is 0. The number of nitrogens with one attached hydrogen (secondary N) is 2. The SMILES string of the molecule is CC1OCCC1CNC1=NCCN1. The second-order valence-electron chi connectivity index (χ2n) is 3.66. The molecule has 2 aliphatic heterocycles. The number of hydrogen-bond donors (Lipinski definition) is 2. The van der Waals surface area contributed by atoms with Crippen molar-refractivity contribution >= 4 is 5.96 Å². The number of nitrogens with zero attached hydrogens (tertiary/aromatic N) is 1. The molecule has 0 bridgehead atoms. The van der Waals surface area contributed by atoms with Gasteiger partial charge in [0.25, 0.3) is 0 Å². The number of hydrogen-bond acceptors (Lipinski definition) is 4. The van der Waals surface area contributed by atoms with Crippen LogP contribution >= 0.6 is 0 Å². The summed E-state index contributed by atoms with van der Waals surface area (Å²) in [7, 11) is 0. The van der Waals surface area contributed by atoms with Crippen molar-refractivity contribution in [2.45, 2.75) is 19.4 Å². The van der Waals surface area contributed by atoms with Crippen LogP contribution in [0.3, 0.4) is 0 Å². The van der Waals surface area contributed by atoms with Crippen LogP contribution in [0.4, 0.5) is 0 Å². The zero-order valence-corrected chi connectivity index (χ0v) is 8.05. The summed E-state index contributed by atoms with van der Waals surface area (Å²) in [5, 5.41) is 6.51. The van der Waals surface area contributed by atoms with Crippen molar-refractivity contribution in [2.75, 3.05) is 26.2 Å². The van der Waals surface area contributed by atoms with Gasteiger partial charge in [-0.25, -0.2) is 0 Å². The van der Waals surface area contributed by atoms with Gasteiger partial charge in [-0.3, -0.25) is 4.99 Å². The van der Waals surface area contributed by atoms with Crippen LogP contribution in [0.2, 0.25) is 0 Å². The van der Waals surface area contributed by atoms with Crippen LogP contribution in [0.15, 0.2) is 4.99 Å². The van der Waals surface area contributed by atoms with Gasteiger partial charge in [-0.1, -0.05) is 0 Å². The molecule has 4 heteroatoms. The van der Waals surface area contributed by atoms with Crippen LogP contribution < -0.4 is 10.6 Å². The van der Waals surface area contributed by atoms with Crippen molar-refractivity contribution in [2.24, 2.45) is 10.9 Å². The maximum absolute atomic E-state index is 5.48. The number of aliphatic imine (C=N–C) groups is 1. The first-order valence-corrected chi connectivity index (χ1v) is 5.00. The van der Waals surface area contributed by atoms with E-state index in [2.05, 4.69) is 22.5 Å². The fraction of sp³-hybridized carbons (Fsp3) is 0.889. The first kappa shape index (κ1) is 8.81. The van der Waals surface area contributed by atoms with E-state index in [-0.39, 0.29) is 0 Å². The number of ether oxygens (including phenoxy) is 1. The lowest BCUT2D eigenvalue weighted by Gasteiger charge is -2.15. The Balaban J connectivity index is 1.72. The van der Waals surface area contributed by atoms with Gasteiger partial charge in [0.15, 0.2) is 5.96 Å². The van der Waals surface area contributed by atoms with E-state index in [1.807, 2.05) is 0 Å². The summed E-state index contributed by atoms with van der Waals surface area (Å²) < 4.78 is 5.48. The molecule has 2 aliphatic rings. The summed E-state index contributed by atoms with van der Waals surface area (Å²) in [6.45, 7) is 5.90. The van der Waals surface area contributed by atoms with Crippen molar-refractivity contribution in [1.29, 1.82) is 0 Å².